The molecule has 1 aromatic carbocycles. The van der Waals surface area contributed by atoms with E-state index in [2.05, 4.69) is 24.2 Å². The van der Waals surface area contributed by atoms with Gasteiger partial charge in [0.05, 0.1) is 12.8 Å². The Kier molecular flexibility index (Phi) is 3.05. The van der Waals surface area contributed by atoms with E-state index in [0.29, 0.717) is 5.92 Å². The number of nitrogens with zero attached hydrogens (tertiary/aromatic N) is 1. The van der Waals surface area contributed by atoms with Gasteiger partial charge in [0, 0.05) is 6.21 Å². The smallest absolute Gasteiger partial charge is 0.119 e. The Labute approximate surface area is 91.0 Å². The average Bonchev–Trinajstić information content (AvgIpc) is 2.28. The minimum absolute atomic E-state index is 0.606. The van der Waals surface area contributed by atoms with Crippen molar-refractivity contribution >= 4 is 11.9 Å². The zero-order valence-electron chi connectivity index (χ0n) is 9.36. The van der Waals surface area contributed by atoms with Gasteiger partial charge in [0.2, 0.25) is 0 Å². The number of fused-ring (bicyclic) bond motifs is 1. The van der Waals surface area contributed by atoms with Gasteiger partial charge in [0.15, 0.2) is 0 Å². The lowest BCUT2D eigenvalue weighted by Gasteiger charge is -2.18. The van der Waals surface area contributed by atoms with Crippen molar-refractivity contribution in [2.75, 3.05) is 7.11 Å². The third-order valence-electron chi connectivity index (χ3n) is 2.85. The van der Waals surface area contributed by atoms with Crippen molar-refractivity contribution in [3.63, 3.8) is 0 Å². The molecule has 0 fully saturated rings. The van der Waals surface area contributed by atoms with E-state index in [-0.39, 0.29) is 0 Å². The molecule has 2 rings (SSSR count). The van der Waals surface area contributed by atoms with Gasteiger partial charge in [-0.25, -0.2) is 0 Å². The third kappa shape index (κ3) is 2.20. The number of methoxy groups -OCH3 is 1. The zero-order valence-corrected chi connectivity index (χ0v) is 9.36. The van der Waals surface area contributed by atoms with Crippen molar-refractivity contribution < 1.29 is 4.74 Å². The summed E-state index contributed by atoms with van der Waals surface area (Å²) >= 11 is 0. The van der Waals surface area contributed by atoms with Crippen molar-refractivity contribution in [2.45, 2.75) is 26.2 Å². The molecule has 0 aliphatic carbocycles. The molecule has 1 heterocycles. The van der Waals surface area contributed by atoms with E-state index in [4.69, 9.17) is 4.74 Å². The second-order valence-corrected chi connectivity index (χ2v) is 4.03. The van der Waals surface area contributed by atoms with Crippen LogP contribution < -0.4 is 4.74 Å². The Hall–Kier alpha value is -1.31. The lowest BCUT2D eigenvalue weighted by Crippen LogP contribution is -2.09. The largest absolute Gasteiger partial charge is 0.497 e. The quantitative estimate of drug-likeness (QED) is 0.738. The van der Waals surface area contributed by atoms with Crippen molar-refractivity contribution in [1.82, 2.24) is 0 Å². The maximum Gasteiger partial charge on any atom is 0.119 e. The minimum atomic E-state index is 0.606. The summed E-state index contributed by atoms with van der Waals surface area (Å²) in [5.74, 6) is 1.54. The van der Waals surface area contributed by atoms with Gasteiger partial charge in [-0.3, -0.25) is 4.99 Å². The Morgan fingerprint density at radius 1 is 1.47 bits per heavy atom. The van der Waals surface area contributed by atoms with Crippen LogP contribution in [-0.2, 0) is 6.42 Å². The molecule has 1 unspecified atom stereocenters. The molecule has 0 saturated heterocycles. The van der Waals surface area contributed by atoms with Crippen LogP contribution in [0.4, 0.5) is 5.69 Å². The van der Waals surface area contributed by atoms with Gasteiger partial charge in [-0.2, -0.15) is 0 Å². The molecule has 1 aliphatic rings. The maximum atomic E-state index is 5.22. The molecule has 0 saturated carbocycles. The lowest BCUT2D eigenvalue weighted by molar-refractivity contribution is 0.414. The van der Waals surface area contributed by atoms with Gasteiger partial charge in [0.1, 0.15) is 5.75 Å². The first kappa shape index (κ1) is 10.2. The van der Waals surface area contributed by atoms with E-state index in [1.807, 2.05) is 12.1 Å². The van der Waals surface area contributed by atoms with Gasteiger partial charge in [0.25, 0.3) is 0 Å². The van der Waals surface area contributed by atoms with Crippen LogP contribution in [-0.4, -0.2) is 13.3 Å². The monoisotopic (exact) mass is 203 g/mol. The molecule has 2 nitrogen and oxygen atoms in total. The second kappa shape index (κ2) is 4.47. The van der Waals surface area contributed by atoms with Crippen LogP contribution in [0.15, 0.2) is 23.2 Å². The molecule has 1 aromatic rings. The third-order valence-corrected chi connectivity index (χ3v) is 2.85. The summed E-state index contributed by atoms with van der Waals surface area (Å²) in [7, 11) is 1.71. The highest BCUT2D eigenvalue weighted by Crippen LogP contribution is 2.30. The molecule has 80 valence electrons. The second-order valence-electron chi connectivity index (χ2n) is 4.03. The maximum absolute atomic E-state index is 5.22. The molecule has 0 bridgehead atoms. The van der Waals surface area contributed by atoms with Gasteiger partial charge in [-0.05, 0) is 42.5 Å². The van der Waals surface area contributed by atoms with Crippen LogP contribution in [0, 0.1) is 5.92 Å². The highest BCUT2D eigenvalue weighted by atomic mass is 16.5. The fourth-order valence-corrected chi connectivity index (χ4v) is 2.05. The van der Waals surface area contributed by atoms with Crippen LogP contribution >= 0.6 is 0 Å². The number of hydrogen-bond donors (Lipinski definition) is 0. The highest BCUT2D eigenvalue weighted by molar-refractivity contribution is 5.71. The van der Waals surface area contributed by atoms with Crippen molar-refractivity contribution in [1.29, 1.82) is 0 Å². The molecule has 0 spiro atoms. The molecule has 0 radical (unpaired) electrons. The van der Waals surface area contributed by atoms with Crippen molar-refractivity contribution in [3.05, 3.63) is 23.8 Å². The summed E-state index contributed by atoms with van der Waals surface area (Å²) in [5.41, 5.74) is 2.42. The van der Waals surface area contributed by atoms with Gasteiger partial charge < -0.3 is 4.74 Å². The van der Waals surface area contributed by atoms with E-state index in [9.17, 15) is 0 Å². The first-order chi connectivity index (χ1) is 7.33. The van der Waals surface area contributed by atoms with Gasteiger partial charge >= 0.3 is 0 Å². The van der Waals surface area contributed by atoms with Crippen molar-refractivity contribution in [3.8, 4) is 5.75 Å². The first-order valence-corrected chi connectivity index (χ1v) is 5.54. The molecule has 1 atom stereocenters. The summed E-state index contributed by atoms with van der Waals surface area (Å²) in [5, 5.41) is 0. The highest BCUT2D eigenvalue weighted by Gasteiger charge is 2.14. The summed E-state index contributed by atoms with van der Waals surface area (Å²) in [6.45, 7) is 2.22. The van der Waals surface area contributed by atoms with E-state index in [0.717, 1.165) is 17.9 Å². The molecule has 15 heavy (non-hydrogen) atoms. The molecular weight excluding hydrogens is 186 g/mol. The van der Waals surface area contributed by atoms with Crippen LogP contribution in [0.5, 0.6) is 5.75 Å². The summed E-state index contributed by atoms with van der Waals surface area (Å²) in [6.07, 6.45) is 5.64. The Bertz CT molecular complexity index is 371. The lowest BCUT2D eigenvalue weighted by atomic mass is 9.93. The van der Waals surface area contributed by atoms with Gasteiger partial charge in [-0.15, -0.1) is 0 Å². The van der Waals surface area contributed by atoms with E-state index in [1.165, 1.54) is 18.4 Å². The summed E-state index contributed by atoms with van der Waals surface area (Å²) < 4.78 is 5.22. The fourth-order valence-electron chi connectivity index (χ4n) is 2.05. The summed E-state index contributed by atoms with van der Waals surface area (Å²) in [6, 6.07) is 6.11. The number of ether oxygens (including phenoxy) is 1. The van der Waals surface area contributed by atoms with Crippen molar-refractivity contribution in [2.24, 2.45) is 10.9 Å². The molecule has 2 heteroatoms. The Morgan fingerprint density at radius 2 is 2.33 bits per heavy atom. The Balaban J connectivity index is 2.22. The molecule has 0 aromatic heterocycles. The molecular formula is C13H17NO. The first-order valence-electron chi connectivity index (χ1n) is 5.54. The molecule has 0 N–H and O–H groups in total. The predicted octanol–water partition coefficient (Wildman–Crippen LogP) is 3.37. The standard InChI is InChI=1S/C13H17NO/c1-3-4-10-7-11-8-12(15-2)5-6-13(11)14-9-10/h5-6,8-10H,3-4,7H2,1-2H3. The SMILES string of the molecule is CCCC1C=Nc2ccc(OC)cc2C1. The van der Waals surface area contributed by atoms with Crippen LogP contribution in [0.1, 0.15) is 25.3 Å². The normalized spacial score (nSPS) is 18.7. The van der Waals surface area contributed by atoms with Gasteiger partial charge in [-0.1, -0.05) is 13.3 Å². The zero-order chi connectivity index (χ0) is 10.7. The Morgan fingerprint density at radius 3 is 3.07 bits per heavy atom. The number of rotatable bonds is 3. The fraction of sp³-hybridized carbons (Fsp3) is 0.462. The molecule has 1 aliphatic heterocycles. The number of benzene rings is 1. The van der Waals surface area contributed by atoms with E-state index < -0.39 is 0 Å². The minimum Gasteiger partial charge on any atom is -0.497 e. The topological polar surface area (TPSA) is 21.6 Å². The van der Waals surface area contributed by atoms with Crippen LogP contribution in [0.2, 0.25) is 0 Å². The summed E-state index contributed by atoms with van der Waals surface area (Å²) in [4.78, 5) is 4.49. The predicted molar refractivity (Wildman–Crippen MR) is 63.2 cm³/mol. The van der Waals surface area contributed by atoms with Crippen LogP contribution in [0.25, 0.3) is 0 Å². The van der Waals surface area contributed by atoms with E-state index in [1.54, 1.807) is 7.11 Å². The number of aliphatic imine (C=N–C) groups is 1. The average molecular weight is 203 g/mol. The van der Waals surface area contributed by atoms with Crippen LogP contribution in [0.3, 0.4) is 0 Å². The number of hydrogen-bond acceptors (Lipinski definition) is 2. The molecule has 0 amide bonds. The van der Waals surface area contributed by atoms with E-state index >= 15 is 0 Å².